The molecule has 0 atom stereocenters. The van der Waals surface area contributed by atoms with E-state index in [2.05, 4.69) is 21.9 Å². The highest BCUT2D eigenvalue weighted by Crippen LogP contribution is 2.42. The number of fused-ring (bicyclic) bond motifs is 2. The molecule has 3 aliphatic heterocycles. The predicted molar refractivity (Wildman–Crippen MR) is 140 cm³/mol. The summed E-state index contributed by atoms with van der Waals surface area (Å²) in [5.41, 5.74) is 5.18. The van der Waals surface area contributed by atoms with E-state index in [4.69, 9.17) is 14.2 Å². The van der Waals surface area contributed by atoms with Crippen molar-refractivity contribution < 1.29 is 24.1 Å². The summed E-state index contributed by atoms with van der Waals surface area (Å²) in [6.07, 6.45) is 1.78. The third kappa shape index (κ3) is 4.68. The van der Waals surface area contributed by atoms with Crippen LogP contribution in [0.4, 0.5) is 0 Å². The second kappa shape index (κ2) is 9.57. The van der Waals surface area contributed by atoms with Gasteiger partial charge in [0.15, 0.2) is 17.3 Å². The molecule has 7 heteroatoms. The molecule has 0 aromatic heterocycles. The molecule has 0 spiro atoms. The van der Waals surface area contributed by atoms with Crippen LogP contribution in [0.3, 0.4) is 0 Å². The largest absolute Gasteiger partial charge is 0.507 e. The number of nitrogens with zero attached hydrogens (tertiary/aromatic N) is 2. The van der Waals surface area contributed by atoms with Crippen molar-refractivity contribution in [1.29, 1.82) is 0 Å². The Hall–Kier alpha value is -3.81. The van der Waals surface area contributed by atoms with Crippen molar-refractivity contribution >= 4 is 11.9 Å². The van der Waals surface area contributed by atoms with Crippen molar-refractivity contribution in [1.82, 2.24) is 9.80 Å². The van der Waals surface area contributed by atoms with Crippen LogP contribution in [0.25, 0.3) is 6.08 Å². The van der Waals surface area contributed by atoms with Crippen molar-refractivity contribution in [3.8, 4) is 23.0 Å². The number of aryl methyl sites for hydroxylation is 2. The summed E-state index contributed by atoms with van der Waals surface area (Å²) < 4.78 is 17.0. The first-order chi connectivity index (χ1) is 17.9. The Kier molecular flexibility index (Phi) is 6.10. The number of hydrogen-bond donors (Lipinski definition) is 1. The van der Waals surface area contributed by atoms with Crippen LogP contribution >= 0.6 is 0 Å². The molecule has 6 rings (SSSR count). The van der Waals surface area contributed by atoms with E-state index in [-0.39, 0.29) is 18.3 Å². The smallest absolute Gasteiger partial charge is 0.232 e. The molecule has 1 fully saturated rings. The molecule has 3 heterocycles. The van der Waals surface area contributed by atoms with Crippen molar-refractivity contribution in [2.24, 2.45) is 0 Å². The van der Waals surface area contributed by atoms with E-state index >= 15 is 0 Å². The van der Waals surface area contributed by atoms with E-state index in [1.165, 1.54) is 5.56 Å². The molecule has 190 valence electrons. The molecule has 1 N–H and O–H groups in total. The van der Waals surface area contributed by atoms with Crippen LogP contribution in [0.2, 0.25) is 0 Å². The zero-order valence-corrected chi connectivity index (χ0v) is 21.1. The van der Waals surface area contributed by atoms with E-state index in [1.54, 1.807) is 12.1 Å². The fourth-order valence-electron chi connectivity index (χ4n) is 5.27. The predicted octanol–water partition coefficient (Wildman–Crippen LogP) is 4.67. The van der Waals surface area contributed by atoms with Gasteiger partial charge in [-0.05, 0) is 54.8 Å². The molecule has 3 aliphatic rings. The molecular formula is C30H30N2O5. The van der Waals surface area contributed by atoms with E-state index in [9.17, 15) is 9.90 Å². The van der Waals surface area contributed by atoms with Gasteiger partial charge in [-0.3, -0.25) is 14.6 Å². The lowest BCUT2D eigenvalue weighted by molar-refractivity contribution is 0.101. The zero-order valence-electron chi connectivity index (χ0n) is 21.1. The van der Waals surface area contributed by atoms with Gasteiger partial charge in [0.25, 0.3) is 0 Å². The Morgan fingerprint density at radius 1 is 0.919 bits per heavy atom. The van der Waals surface area contributed by atoms with Crippen LogP contribution in [-0.4, -0.2) is 53.7 Å². The molecule has 3 aromatic carbocycles. The molecule has 0 saturated carbocycles. The lowest BCUT2D eigenvalue weighted by Crippen LogP contribution is -2.45. The number of allylic oxidation sites excluding steroid dienone is 1. The quantitative estimate of drug-likeness (QED) is 0.513. The van der Waals surface area contributed by atoms with Gasteiger partial charge in [0, 0.05) is 39.3 Å². The summed E-state index contributed by atoms with van der Waals surface area (Å²) in [5.74, 6) is 2.43. The molecule has 0 radical (unpaired) electrons. The molecule has 0 amide bonds. The van der Waals surface area contributed by atoms with Crippen LogP contribution < -0.4 is 14.2 Å². The highest BCUT2D eigenvalue weighted by molar-refractivity contribution is 6.15. The minimum absolute atomic E-state index is 0.135. The number of phenols is 1. The van der Waals surface area contributed by atoms with Gasteiger partial charge in [-0.2, -0.15) is 0 Å². The van der Waals surface area contributed by atoms with Gasteiger partial charge in [0.1, 0.15) is 11.5 Å². The van der Waals surface area contributed by atoms with Gasteiger partial charge in [0.2, 0.25) is 12.6 Å². The maximum absolute atomic E-state index is 13.2. The topological polar surface area (TPSA) is 71.5 Å². The number of ketones is 1. The number of Topliss-reactive ketones (excluding diaryl/α,β-unsaturated/α-hetero) is 1. The number of carbonyl (C=O) groups excluding carboxylic acids is 1. The summed E-state index contributed by atoms with van der Waals surface area (Å²) in [6, 6.07) is 15.7. The van der Waals surface area contributed by atoms with Crippen molar-refractivity contribution in [2.75, 3.05) is 33.0 Å². The van der Waals surface area contributed by atoms with Crippen LogP contribution in [0.5, 0.6) is 23.0 Å². The number of piperazine rings is 1. The number of phenolic OH excluding ortho intramolecular Hbond substituents is 1. The van der Waals surface area contributed by atoms with E-state index in [1.807, 2.05) is 44.2 Å². The Morgan fingerprint density at radius 2 is 1.68 bits per heavy atom. The minimum Gasteiger partial charge on any atom is -0.507 e. The summed E-state index contributed by atoms with van der Waals surface area (Å²) >= 11 is 0. The number of carbonyl (C=O) groups is 1. The van der Waals surface area contributed by atoms with Gasteiger partial charge in [-0.25, -0.2) is 0 Å². The highest BCUT2D eigenvalue weighted by Gasteiger charge is 2.34. The third-order valence-electron chi connectivity index (χ3n) is 7.25. The van der Waals surface area contributed by atoms with E-state index < -0.39 is 0 Å². The molecule has 0 bridgehead atoms. The fourth-order valence-corrected chi connectivity index (χ4v) is 5.27. The Balaban J connectivity index is 1.15. The molecule has 37 heavy (non-hydrogen) atoms. The van der Waals surface area contributed by atoms with Crippen molar-refractivity contribution in [2.45, 2.75) is 26.9 Å². The van der Waals surface area contributed by atoms with Gasteiger partial charge >= 0.3 is 0 Å². The number of aromatic hydroxyl groups is 1. The number of ether oxygens (including phenoxy) is 3. The monoisotopic (exact) mass is 498 g/mol. The average molecular weight is 499 g/mol. The summed E-state index contributed by atoms with van der Waals surface area (Å²) in [4.78, 5) is 18.0. The van der Waals surface area contributed by atoms with Crippen molar-refractivity contribution in [3.63, 3.8) is 0 Å². The lowest BCUT2D eigenvalue weighted by Gasteiger charge is -2.35. The Morgan fingerprint density at radius 3 is 2.46 bits per heavy atom. The molecular weight excluding hydrogens is 468 g/mol. The third-order valence-corrected chi connectivity index (χ3v) is 7.25. The minimum atomic E-state index is -0.135. The van der Waals surface area contributed by atoms with Crippen molar-refractivity contribution in [3.05, 3.63) is 87.7 Å². The molecule has 0 aliphatic carbocycles. The van der Waals surface area contributed by atoms with Gasteiger partial charge < -0.3 is 19.3 Å². The SMILES string of the molecule is Cc1cccc(/C=C2\Oc3c(CN4CCN(Cc5ccc6c(c5)OCO6)CC4)c(O)cc(C)c3C2=O)c1. The number of hydrogen-bond acceptors (Lipinski definition) is 7. The second-order valence-corrected chi connectivity index (χ2v) is 9.99. The lowest BCUT2D eigenvalue weighted by atomic mass is 9.99. The summed E-state index contributed by atoms with van der Waals surface area (Å²) in [7, 11) is 0. The molecule has 3 aromatic rings. The molecule has 1 saturated heterocycles. The van der Waals surface area contributed by atoms with Crippen LogP contribution in [0, 0.1) is 13.8 Å². The van der Waals surface area contributed by atoms with E-state index in [0.717, 1.165) is 60.9 Å². The Labute approximate surface area is 216 Å². The van der Waals surface area contributed by atoms with Gasteiger partial charge in [0.05, 0.1) is 11.1 Å². The first-order valence-corrected chi connectivity index (χ1v) is 12.6. The fraction of sp³-hybridized carbons (Fsp3) is 0.300. The van der Waals surface area contributed by atoms with Gasteiger partial charge in [-0.15, -0.1) is 0 Å². The summed E-state index contributed by atoms with van der Waals surface area (Å²) in [5, 5.41) is 10.8. The first kappa shape index (κ1) is 23.6. The van der Waals surface area contributed by atoms with Crippen LogP contribution in [-0.2, 0) is 13.1 Å². The second-order valence-electron chi connectivity index (χ2n) is 9.99. The van der Waals surface area contributed by atoms with E-state index in [0.29, 0.717) is 29.2 Å². The zero-order chi connectivity index (χ0) is 25.5. The number of rotatable bonds is 5. The average Bonchev–Trinajstić information content (AvgIpc) is 3.47. The maximum Gasteiger partial charge on any atom is 0.232 e. The Bertz CT molecular complexity index is 1410. The van der Waals surface area contributed by atoms with Gasteiger partial charge in [-0.1, -0.05) is 35.9 Å². The first-order valence-electron chi connectivity index (χ1n) is 12.6. The molecule has 7 nitrogen and oxygen atoms in total. The standard InChI is InChI=1S/C30H30N2O5/c1-19-4-3-5-21(12-19)14-27-29(34)28-20(2)13-24(33)23(30(28)37-27)17-32-10-8-31(9-11-32)16-22-6-7-25-26(15-22)36-18-35-25/h3-7,12-15,33H,8-11,16-18H2,1-2H3/b27-14-. The maximum atomic E-state index is 13.2. The van der Waals surface area contributed by atoms with Crippen LogP contribution in [0.15, 0.2) is 54.3 Å². The van der Waals surface area contributed by atoms with Crippen LogP contribution in [0.1, 0.15) is 38.2 Å². The highest BCUT2D eigenvalue weighted by atomic mass is 16.7. The molecule has 0 unspecified atom stereocenters. The number of benzene rings is 3. The normalized spacial score (nSPS) is 18.3. The summed E-state index contributed by atoms with van der Waals surface area (Å²) in [6.45, 7) is 9.03.